The van der Waals surface area contributed by atoms with E-state index in [4.69, 9.17) is 34.8 Å². The van der Waals surface area contributed by atoms with Crippen molar-refractivity contribution in [2.75, 3.05) is 0 Å². The first-order valence-electron chi connectivity index (χ1n) is 4.04. The maximum atomic E-state index is 11.7. The van der Waals surface area contributed by atoms with Gasteiger partial charge in [-0.05, 0) is 12.1 Å². The third-order valence-corrected chi connectivity index (χ3v) is 2.42. The lowest BCUT2D eigenvalue weighted by molar-refractivity contribution is 0.0991. The number of ketones is 1. The summed E-state index contributed by atoms with van der Waals surface area (Å²) in [4.78, 5) is 15.7. The van der Waals surface area contributed by atoms with Gasteiger partial charge in [0, 0.05) is 6.20 Å². The smallest absolute Gasteiger partial charge is 0.255 e. The summed E-state index contributed by atoms with van der Waals surface area (Å²) in [7, 11) is 0. The van der Waals surface area contributed by atoms with E-state index in [-0.39, 0.29) is 5.69 Å². The van der Waals surface area contributed by atoms with Gasteiger partial charge in [-0.3, -0.25) is 9.20 Å². The SMILES string of the molecule is O=C(c1cnc2ccccn12)C(Cl)(Cl)Cl. The van der Waals surface area contributed by atoms with Gasteiger partial charge in [0.1, 0.15) is 11.3 Å². The molecule has 0 aliphatic heterocycles. The standard InChI is InChI=1S/C9H5Cl3N2O/c10-9(11,12)8(15)6-5-13-7-3-1-2-4-14(6)7/h1-5H. The molecule has 6 heteroatoms. The minimum Gasteiger partial charge on any atom is -0.297 e. The van der Waals surface area contributed by atoms with Gasteiger partial charge in [0.2, 0.25) is 5.78 Å². The van der Waals surface area contributed by atoms with Crippen molar-refractivity contribution in [3.05, 3.63) is 36.3 Å². The van der Waals surface area contributed by atoms with E-state index >= 15 is 0 Å². The summed E-state index contributed by atoms with van der Waals surface area (Å²) in [6.45, 7) is 0. The molecule has 2 aromatic heterocycles. The molecule has 0 N–H and O–H groups in total. The number of alkyl halides is 3. The third-order valence-electron chi connectivity index (χ3n) is 1.91. The van der Waals surface area contributed by atoms with Gasteiger partial charge < -0.3 is 0 Å². The Labute approximate surface area is 101 Å². The van der Waals surface area contributed by atoms with Gasteiger partial charge in [-0.2, -0.15) is 0 Å². The first kappa shape index (κ1) is 10.7. The zero-order valence-corrected chi connectivity index (χ0v) is 9.59. The van der Waals surface area contributed by atoms with Gasteiger partial charge in [0.25, 0.3) is 3.79 Å². The van der Waals surface area contributed by atoms with Crippen LogP contribution in [-0.4, -0.2) is 19.0 Å². The van der Waals surface area contributed by atoms with Crippen molar-refractivity contribution >= 4 is 46.2 Å². The minimum atomic E-state index is -1.95. The van der Waals surface area contributed by atoms with Gasteiger partial charge in [0.05, 0.1) is 6.20 Å². The maximum absolute atomic E-state index is 11.7. The van der Waals surface area contributed by atoms with Crippen LogP contribution >= 0.6 is 34.8 Å². The highest BCUT2D eigenvalue weighted by Gasteiger charge is 2.33. The average molecular weight is 264 g/mol. The van der Waals surface area contributed by atoms with Crippen molar-refractivity contribution in [3.63, 3.8) is 0 Å². The highest BCUT2D eigenvalue weighted by molar-refractivity contribution is 6.77. The lowest BCUT2D eigenvalue weighted by Gasteiger charge is -2.08. The number of carbonyl (C=O) groups excluding carboxylic acids is 1. The summed E-state index contributed by atoms with van der Waals surface area (Å²) in [5.74, 6) is -0.591. The number of hydrogen-bond donors (Lipinski definition) is 0. The van der Waals surface area contributed by atoms with Crippen molar-refractivity contribution in [1.29, 1.82) is 0 Å². The molecule has 0 atom stereocenters. The first-order chi connectivity index (χ1) is 7.00. The molecule has 0 bridgehead atoms. The fourth-order valence-electron chi connectivity index (χ4n) is 1.25. The number of carbonyl (C=O) groups is 1. The van der Waals surface area contributed by atoms with Crippen LogP contribution < -0.4 is 0 Å². The van der Waals surface area contributed by atoms with Crippen molar-refractivity contribution in [1.82, 2.24) is 9.38 Å². The Bertz CT molecular complexity index is 515. The summed E-state index contributed by atoms with van der Waals surface area (Å²) >= 11 is 16.5. The first-order valence-corrected chi connectivity index (χ1v) is 5.17. The van der Waals surface area contributed by atoms with Crippen LogP contribution in [0.1, 0.15) is 10.5 Å². The normalized spacial score (nSPS) is 11.9. The van der Waals surface area contributed by atoms with Gasteiger partial charge in [-0.1, -0.05) is 40.9 Å². The summed E-state index contributed by atoms with van der Waals surface area (Å²) in [5.41, 5.74) is 0.890. The Morgan fingerprint density at radius 3 is 2.73 bits per heavy atom. The summed E-state index contributed by atoms with van der Waals surface area (Å²) in [5, 5.41) is 0. The van der Waals surface area contributed by atoms with Gasteiger partial charge >= 0.3 is 0 Å². The molecule has 0 aliphatic carbocycles. The van der Waals surface area contributed by atoms with Crippen molar-refractivity contribution < 1.29 is 4.79 Å². The molecule has 0 aromatic carbocycles. The van der Waals surface area contributed by atoms with Crippen LogP contribution in [0.15, 0.2) is 30.6 Å². The van der Waals surface area contributed by atoms with Crippen LogP contribution in [0.3, 0.4) is 0 Å². The van der Waals surface area contributed by atoms with Gasteiger partial charge in [-0.25, -0.2) is 4.98 Å². The number of rotatable bonds is 1. The molecular weight excluding hydrogens is 258 g/mol. The molecule has 0 saturated carbocycles. The van der Waals surface area contributed by atoms with Gasteiger partial charge in [0.15, 0.2) is 0 Å². The highest BCUT2D eigenvalue weighted by atomic mass is 35.6. The predicted octanol–water partition coefficient (Wildman–Crippen LogP) is 2.89. The largest absolute Gasteiger partial charge is 0.297 e. The van der Waals surface area contributed by atoms with Crippen LogP contribution in [0.5, 0.6) is 0 Å². The topological polar surface area (TPSA) is 34.4 Å². The molecule has 0 unspecified atom stereocenters. The van der Waals surface area contributed by atoms with Crippen LogP contribution in [0, 0.1) is 0 Å². The predicted molar refractivity (Wildman–Crippen MR) is 59.8 cm³/mol. The summed E-state index contributed by atoms with van der Waals surface area (Å²) in [6, 6.07) is 5.34. The zero-order valence-electron chi connectivity index (χ0n) is 7.32. The average Bonchev–Trinajstić information content (AvgIpc) is 2.58. The highest BCUT2D eigenvalue weighted by Crippen LogP contribution is 2.30. The maximum Gasteiger partial charge on any atom is 0.255 e. The fourth-order valence-corrected chi connectivity index (χ4v) is 1.54. The van der Waals surface area contributed by atoms with E-state index in [1.807, 2.05) is 6.07 Å². The Balaban J connectivity index is 2.58. The number of pyridine rings is 1. The second-order valence-corrected chi connectivity index (χ2v) is 5.18. The Kier molecular flexibility index (Phi) is 2.63. The number of imidazole rings is 1. The lowest BCUT2D eigenvalue weighted by atomic mass is 10.3. The fraction of sp³-hybridized carbons (Fsp3) is 0.111. The number of nitrogens with zero attached hydrogens (tertiary/aromatic N) is 2. The lowest BCUT2D eigenvalue weighted by Crippen LogP contribution is -2.20. The third kappa shape index (κ3) is 1.95. The molecular formula is C9H5Cl3N2O. The summed E-state index contributed by atoms with van der Waals surface area (Å²) < 4.78 is -0.379. The molecule has 0 saturated heterocycles. The summed E-state index contributed by atoms with van der Waals surface area (Å²) in [6.07, 6.45) is 3.07. The van der Waals surface area contributed by atoms with E-state index in [1.54, 1.807) is 22.7 Å². The number of aromatic nitrogens is 2. The second-order valence-electron chi connectivity index (χ2n) is 2.90. The van der Waals surface area contributed by atoms with Crippen LogP contribution in [-0.2, 0) is 0 Å². The van der Waals surface area contributed by atoms with Crippen molar-refractivity contribution in [3.8, 4) is 0 Å². The molecule has 15 heavy (non-hydrogen) atoms. The van der Waals surface area contributed by atoms with E-state index in [2.05, 4.69) is 4.98 Å². The quantitative estimate of drug-likeness (QED) is 0.586. The molecule has 0 radical (unpaired) electrons. The number of Topliss-reactive ketones (excluding diaryl/α,β-unsaturated/α-hetero) is 1. The molecule has 2 rings (SSSR count). The van der Waals surface area contributed by atoms with E-state index < -0.39 is 9.58 Å². The molecule has 3 nitrogen and oxygen atoms in total. The number of hydrogen-bond acceptors (Lipinski definition) is 2. The Morgan fingerprint density at radius 2 is 2.07 bits per heavy atom. The number of halogens is 3. The second kappa shape index (κ2) is 3.67. The molecule has 0 aliphatic rings. The Hall–Kier alpha value is -0.770. The van der Waals surface area contributed by atoms with Gasteiger partial charge in [-0.15, -0.1) is 0 Å². The molecule has 0 spiro atoms. The van der Waals surface area contributed by atoms with Crippen molar-refractivity contribution in [2.24, 2.45) is 0 Å². The van der Waals surface area contributed by atoms with Crippen LogP contribution in [0.25, 0.3) is 5.65 Å². The molecule has 2 aromatic rings. The molecule has 2 heterocycles. The minimum absolute atomic E-state index is 0.255. The van der Waals surface area contributed by atoms with Crippen molar-refractivity contribution in [2.45, 2.75) is 3.79 Å². The van der Waals surface area contributed by atoms with E-state index in [0.717, 1.165) is 0 Å². The monoisotopic (exact) mass is 262 g/mol. The Morgan fingerprint density at radius 1 is 1.33 bits per heavy atom. The molecule has 0 amide bonds. The van der Waals surface area contributed by atoms with E-state index in [0.29, 0.717) is 5.65 Å². The van der Waals surface area contributed by atoms with E-state index in [1.165, 1.54) is 6.20 Å². The molecule has 78 valence electrons. The van der Waals surface area contributed by atoms with Crippen LogP contribution in [0.4, 0.5) is 0 Å². The number of fused-ring (bicyclic) bond motifs is 1. The molecule has 0 fully saturated rings. The van der Waals surface area contributed by atoms with E-state index in [9.17, 15) is 4.79 Å². The van der Waals surface area contributed by atoms with Crippen LogP contribution in [0.2, 0.25) is 0 Å². The zero-order chi connectivity index (χ0) is 11.1.